The van der Waals surface area contributed by atoms with Crippen molar-refractivity contribution >= 4 is 10.9 Å². The number of hydrogen-bond donors (Lipinski definition) is 1. The summed E-state index contributed by atoms with van der Waals surface area (Å²) < 4.78 is 1.69. The summed E-state index contributed by atoms with van der Waals surface area (Å²) in [6.07, 6.45) is 3.14. The Labute approximate surface area is 123 Å². The highest BCUT2D eigenvalue weighted by Gasteiger charge is 2.16. The van der Waals surface area contributed by atoms with Crippen molar-refractivity contribution in [1.82, 2.24) is 14.5 Å². The van der Waals surface area contributed by atoms with E-state index < -0.39 is 0 Å². The second-order valence-electron chi connectivity index (χ2n) is 5.79. The van der Waals surface area contributed by atoms with Crippen molar-refractivity contribution in [3.63, 3.8) is 0 Å². The van der Waals surface area contributed by atoms with Crippen LogP contribution in [0, 0.1) is 6.92 Å². The zero-order chi connectivity index (χ0) is 14.8. The fraction of sp³-hybridized carbons (Fsp3) is 0.500. The quantitative estimate of drug-likeness (QED) is 0.920. The Hall–Kier alpha value is -1.72. The number of likely N-dealkylation sites (tertiary alicyclic amines) is 1. The van der Waals surface area contributed by atoms with Crippen LogP contribution in [-0.2, 0) is 6.54 Å². The molecule has 112 valence electrons. The van der Waals surface area contributed by atoms with E-state index in [1.165, 1.54) is 0 Å². The average Bonchev–Trinajstić information content (AvgIpc) is 2.49. The molecule has 1 aliphatic rings. The molecule has 1 aromatic carbocycles. The maximum atomic E-state index is 12.5. The molecular weight excluding hydrogens is 266 g/mol. The number of benzene rings is 1. The van der Waals surface area contributed by atoms with E-state index >= 15 is 0 Å². The fourth-order valence-corrected chi connectivity index (χ4v) is 2.89. The second-order valence-corrected chi connectivity index (χ2v) is 5.79. The summed E-state index contributed by atoms with van der Waals surface area (Å²) in [6, 6.07) is 5.71. The summed E-state index contributed by atoms with van der Waals surface area (Å²) in [6.45, 7) is 5.24. The normalized spacial score (nSPS) is 17.4. The zero-order valence-corrected chi connectivity index (χ0v) is 12.3. The molecular formula is C16H21N3O2. The van der Waals surface area contributed by atoms with E-state index in [1.807, 2.05) is 25.1 Å². The van der Waals surface area contributed by atoms with Crippen molar-refractivity contribution in [3.8, 4) is 0 Å². The molecule has 5 heteroatoms. The van der Waals surface area contributed by atoms with Crippen molar-refractivity contribution < 1.29 is 5.11 Å². The SMILES string of the molecule is Cc1cccc2c(=O)n(CCN3CCC(O)CC3)cnc12. The highest BCUT2D eigenvalue weighted by molar-refractivity contribution is 5.80. The van der Waals surface area contributed by atoms with Gasteiger partial charge >= 0.3 is 0 Å². The third-order valence-electron chi connectivity index (χ3n) is 4.27. The number of aromatic nitrogens is 2. The zero-order valence-electron chi connectivity index (χ0n) is 12.3. The van der Waals surface area contributed by atoms with Crippen LogP contribution in [0.4, 0.5) is 0 Å². The van der Waals surface area contributed by atoms with E-state index in [-0.39, 0.29) is 11.7 Å². The van der Waals surface area contributed by atoms with Gasteiger partial charge in [-0.3, -0.25) is 9.36 Å². The Bertz CT molecular complexity index is 687. The van der Waals surface area contributed by atoms with E-state index in [4.69, 9.17) is 0 Å². The predicted molar refractivity (Wildman–Crippen MR) is 82.4 cm³/mol. The molecule has 3 rings (SSSR count). The van der Waals surface area contributed by atoms with Gasteiger partial charge < -0.3 is 10.0 Å². The minimum atomic E-state index is -0.158. The first-order valence-electron chi connectivity index (χ1n) is 7.50. The number of piperidine rings is 1. The first-order chi connectivity index (χ1) is 10.1. The summed E-state index contributed by atoms with van der Waals surface area (Å²) in [4.78, 5) is 19.2. The number of nitrogens with zero attached hydrogens (tertiary/aromatic N) is 3. The number of fused-ring (bicyclic) bond motifs is 1. The van der Waals surface area contributed by atoms with Crippen LogP contribution < -0.4 is 5.56 Å². The van der Waals surface area contributed by atoms with Gasteiger partial charge in [0.05, 0.1) is 23.3 Å². The number of rotatable bonds is 3. The minimum absolute atomic E-state index is 0.0285. The molecule has 0 radical (unpaired) electrons. The van der Waals surface area contributed by atoms with Crippen molar-refractivity contribution in [2.45, 2.75) is 32.4 Å². The van der Waals surface area contributed by atoms with Crippen LogP contribution >= 0.6 is 0 Å². The summed E-state index contributed by atoms with van der Waals surface area (Å²) in [5.41, 5.74) is 1.85. The van der Waals surface area contributed by atoms with Gasteiger partial charge in [0.2, 0.25) is 0 Å². The number of aryl methyl sites for hydroxylation is 1. The first kappa shape index (κ1) is 14.2. The number of hydrogen-bond acceptors (Lipinski definition) is 4. The molecule has 5 nitrogen and oxygen atoms in total. The van der Waals surface area contributed by atoms with Crippen LogP contribution in [0.5, 0.6) is 0 Å². The average molecular weight is 287 g/mol. The van der Waals surface area contributed by atoms with Crippen LogP contribution in [0.3, 0.4) is 0 Å². The lowest BCUT2D eigenvalue weighted by Crippen LogP contribution is -2.38. The van der Waals surface area contributed by atoms with E-state index in [2.05, 4.69) is 9.88 Å². The summed E-state index contributed by atoms with van der Waals surface area (Å²) in [7, 11) is 0. The van der Waals surface area contributed by atoms with Gasteiger partial charge in [-0.1, -0.05) is 12.1 Å². The number of para-hydroxylation sites is 1. The molecule has 0 unspecified atom stereocenters. The highest BCUT2D eigenvalue weighted by atomic mass is 16.3. The Morgan fingerprint density at radius 3 is 2.81 bits per heavy atom. The van der Waals surface area contributed by atoms with Crippen LogP contribution in [0.2, 0.25) is 0 Å². The standard InChI is InChI=1S/C16H21N3O2/c1-12-3-2-4-14-15(12)17-11-19(16(14)21)10-9-18-7-5-13(20)6-8-18/h2-4,11,13,20H,5-10H2,1H3. The Morgan fingerprint density at radius 2 is 2.05 bits per heavy atom. The lowest BCUT2D eigenvalue weighted by atomic mass is 10.1. The molecule has 0 saturated carbocycles. The van der Waals surface area contributed by atoms with Crippen molar-refractivity contribution in [2.75, 3.05) is 19.6 Å². The Kier molecular flexibility index (Phi) is 4.03. The van der Waals surface area contributed by atoms with E-state index in [9.17, 15) is 9.90 Å². The van der Waals surface area contributed by atoms with Crippen LogP contribution in [0.15, 0.2) is 29.3 Å². The molecule has 0 aliphatic carbocycles. The maximum absolute atomic E-state index is 12.5. The van der Waals surface area contributed by atoms with Crippen molar-refractivity contribution in [1.29, 1.82) is 0 Å². The fourth-order valence-electron chi connectivity index (χ4n) is 2.89. The van der Waals surface area contributed by atoms with Gasteiger partial charge in [0.25, 0.3) is 5.56 Å². The topological polar surface area (TPSA) is 58.4 Å². The van der Waals surface area contributed by atoms with Gasteiger partial charge in [-0.25, -0.2) is 4.98 Å². The largest absolute Gasteiger partial charge is 0.393 e. The molecule has 1 N–H and O–H groups in total. The molecule has 1 fully saturated rings. The molecule has 1 aromatic heterocycles. The minimum Gasteiger partial charge on any atom is -0.393 e. The molecule has 0 amide bonds. The molecule has 0 bridgehead atoms. The summed E-state index contributed by atoms with van der Waals surface area (Å²) >= 11 is 0. The van der Waals surface area contributed by atoms with Gasteiger partial charge in [-0.05, 0) is 31.4 Å². The van der Waals surface area contributed by atoms with Crippen LogP contribution in [0.25, 0.3) is 10.9 Å². The van der Waals surface area contributed by atoms with Crippen LogP contribution in [0.1, 0.15) is 18.4 Å². The third-order valence-corrected chi connectivity index (χ3v) is 4.27. The van der Waals surface area contributed by atoms with Gasteiger partial charge in [-0.2, -0.15) is 0 Å². The number of aliphatic hydroxyl groups excluding tert-OH is 1. The highest BCUT2D eigenvalue weighted by Crippen LogP contribution is 2.12. The molecule has 21 heavy (non-hydrogen) atoms. The Morgan fingerprint density at radius 1 is 1.29 bits per heavy atom. The van der Waals surface area contributed by atoms with Crippen molar-refractivity contribution in [3.05, 3.63) is 40.4 Å². The molecule has 0 spiro atoms. The second kappa shape index (κ2) is 5.95. The summed E-state index contributed by atoms with van der Waals surface area (Å²) in [5.74, 6) is 0. The smallest absolute Gasteiger partial charge is 0.261 e. The lowest BCUT2D eigenvalue weighted by Gasteiger charge is -2.29. The lowest BCUT2D eigenvalue weighted by molar-refractivity contribution is 0.0808. The molecule has 1 aliphatic heterocycles. The Balaban J connectivity index is 1.76. The molecule has 0 atom stereocenters. The van der Waals surface area contributed by atoms with E-state index in [1.54, 1.807) is 10.9 Å². The number of aliphatic hydroxyl groups is 1. The molecule has 1 saturated heterocycles. The van der Waals surface area contributed by atoms with E-state index in [0.29, 0.717) is 11.9 Å². The van der Waals surface area contributed by atoms with Gasteiger partial charge in [0.15, 0.2) is 0 Å². The van der Waals surface area contributed by atoms with E-state index in [0.717, 1.165) is 43.6 Å². The predicted octanol–water partition coefficient (Wildman–Crippen LogP) is 1.16. The van der Waals surface area contributed by atoms with Gasteiger partial charge in [0.1, 0.15) is 0 Å². The van der Waals surface area contributed by atoms with Gasteiger partial charge in [-0.15, -0.1) is 0 Å². The molecule has 2 aromatic rings. The maximum Gasteiger partial charge on any atom is 0.261 e. The monoisotopic (exact) mass is 287 g/mol. The third kappa shape index (κ3) is 2.99. The first-order valence-corrected chi connectivity index (χ1v) is 7.50. The summed E-state index contributed by atoms with van der Waals surface area (Å²) in [5, 5.41) is 10.2. The van der Waals surface area contributed by atoms with Gasteiger partial charge in [0, 0.05) is 26.2 Å². The molecule has 2 heterocycles. The van der Waals surface area contributed by atoms with Crippen LogP contribution in [-0.4, -0.2) is 45.3 Å². The van der Waals surface area contributed by atoms with Crippen molar-refractivity contribution in [2.24, 2.45) is 0 Å².